The summed E-state index contributed by atoms with van der Waals surface area (Å²) in [6.07, 6.45) is 3.92. The van der Waals surface area contributed by atoms with E-state index >= 15 is 0 Å². The maximum atomic E-state index is 11.6. The van der Waals surface area contributed by atoms with Gasteiger partial charge in [-0.3, -0.25) is 4.79 Å². The van der Waals surface area contributed by atoms with Gasteiger partial charge in [-0.25, -0.2) is 0 Å². The highest BCUT2D eigenvalue weighted by Gasteiger charge is 2.58. The molecule has 18 heavy (non-hydrogen) atoms. The van der Waals surface area contributed by atoms with Gasteiger partial charge in [0.05, 0.1) is 0 Å². The van der Waals surface area contributed by atoms with Gasteiger partial charge in [0.15, 0.2) is 0 Å². The monoisotopic (exact) mass is 325 g/mol. The van der Waals surface area contributed by atoms with Crippen molar-refractivity contribution >= 4 is 34.5 Å². The number of rotatable bonds is 3. The lowest BCUT2D eigenvalue weighted by atomic mass is 9.97. The number of hydrogen-bond acceptors (Lipinski definition) is 2. The molecule has 2 atom stereocenters. The van der Waals surface area contributed by atoms with Crippen LogP contribution in [0.1, 0.15) is 30.4 Å². The second-order valence-corrected chi connectivity index (χ2v) is 6.62. The first-order chi connectivity index (χ1) is 8.65. The minimum Gasteiger partial charge on any atom is -0.352 e. The highest BCUT2D eigenvalue weighted by Crippen LogP contribution is 2.57. The molecule has 2 nitrogen and oxygen atoms in total. The van der Waals surface area contributed by atoms with Crippen LogP contribution in [0.25, 0.3) is 0 Å². The van der Waals surface area contributed by atoms with E-state index in [0.29, 0.717) is 18.2 Å². The number of thiol groups is 1. The second kappa shape index (κ2) is 4.57. The van der Waals surface area contributed by atoms with Gasteiger partial charge in [-0.2, -0.15) is 12.6 Å². The lowest BCUT2D eigenvalue weighted by Crippen LogP contribution is -2.30. The molecule has 2 unspecified atom stereocenters. The molecule has 1 aromatic rings. The first kappa shape index (κ1) is 12.5. The van der Waals surface area contributed by atoms with Crippen LogP contribution in [-0.2, 0) is 16.6 Å². The van der Waals surface area contributed by atoms with E-state index in [1.165, 1.54) is 17.5 Å². The first-order valence-electron chi connectivity index (χ1n) is 6.35. The minimum atomic E-state index is 0.137. The summed E-state index contributed by atoms with van der Waals surface area (Å²) in [7, 11) is 0. The van der Waals surface area contributed by atoms with Crippen LogP contribution in [0.5, 0.6) is 0 Å². The summed E-state index contributed by atoms with van der Waals surface area (Å²) in [6.45, 7) is 0. The van der Waals surface area contributed by atoms with Crippen LogP contribution < -0.4 is 5.32 Å². The molecule has 1 fully saturated rings. The lowest BCUT2D eigenvalue weighted by Gasteiger charge is -2.12. The van der Waals surface area contributed by atoms with Gasteiger partial charge in [0.2, 0.25) is 5.91 Å². The summed E-state index contributed by atoms with van der Waals surface area (Å²) >= 11 is 7.61. The van der Waals surface area contributed by atoms with Crippen LogP contribution in [0, 0.1) is 0 Å². The summed E-state index contributed by atoms with van der Waals surface area (Å²) in [5.41, 5.74) is 3.12. The molecule has 96 valence electrons. The second-order valence-electron chi connectivity index (χ2n) is 5.26. The van der Waals surface area contributed by atoms with E-state index < -0.39 is 0 Å². The van der Waals surface area contributed by atoms with Gasteiger partial charge in [-0.05, 0) is 48.3 Å². The van der Waals surface area contributed by atoms with Crippen molar-refractivity contribution in [2.24, 2.45) is 0 Å². The van der Waals surface area contributed by atoms with Crippen molar-refractivity contribution in [3.05, 3.63) is 33.8 Å². The van der Waals surface area contributed by atoms with Gasteiger partial charge < -0.3 is 5.32 Å². The van der Waals surface area contributed by atoms with Crippen molar-refractivity contribution in [2.45, 2.75) is 37.1 Å². The molecule has 3 rings (SSSR count). The maximum absolute atomic E-state index is 11.6. The van der Waals surface area contributed by atoms with Crippen molar-refractivity contribution in [3.8, 4) is 0 Å². The van der Waals surface area contributed by atoms with Crippen LogP contribution >= 0.6 is 28.6 Å². The molecule has 1 N–H and O–H groups in total. The predicted octanol–water partition coefficient (Wildman–Crippen LogP) is 2.84. The molecule has 0 heterocycles. The van der Waals surface area contributed by atoms with Gasteiger partial charge in [-0.1, -0.05) is 22.0 Å². The van der Waals surface area contributed by atoms with Gasteiger partial charge in [0, 0.05) is 22.4 Å². The summed E-state index contributed by atoms with van der Waals surface area (Å²) in [6, 6.07) is 6.88. The molecule has 0 saturated heterocycles. The minimum absolute atomic E-state index is 0.137. The predicted molar refractivity (Wildman–Crippen MR) is 79.2 cm³/mol. The average Bonchev–Trinajstić information content (AvgIpc) is 2.88. The van der Waals surface area contributed by atoms with Crippen molar-refractivity contribution in [3.63, 3.8) is 0 Å². The largest absolute Gasteiger partial charge is 0.352 e. The number of carbonyl (C=O) groups is 1. The maximum Gasteiger partial charge on any atom is 0.221 e. The molecule has 1 saturated carbocycles. The van der Waals surface area contributed by atoms with E-state index in [1.54, 1.807) is 0 Å². The third-order valence-electron chi connectivity index (χ3n) is 4.19. The Hall–Kier alpha value is -0.480. The molecule has 1 spiro atoms. The van der Waals surface area contributed by atoms with Crippen molar-refractivity contribution < 1.29 is 4.79 Å². The Kier molecular flexibility index (Phi) is 3.18. The molecule has 0 radical (unpaired) electrons. The molecule has 0 aliphatic heterocycles. The third kappa shape index (κ3) is 1.99. The zero-order valence-electron chi connectivity index (χ0n) is 10.1. The first-order valence-corrected chi connectivity index (χ1v) is 7.77. The Labute approximate surface area is 121 Å². The summed E-state index contributed by atoms with van der Waals surface area (Å²) in [4.78, 5) is 11.6. The van der Waals surface area contributed by atoms with Crippen LogP contribution in [0.4, 0.5) is 0 Å². The van der Waals surface area contributed by atoms with Crippen LogP contribution in [-0.4, -0.2) is 17.7 Å². The molecular weight excluding hydrogens is 310 g/mol. The van der Waals surface area contributed by atoms with Crippen molar-refractivity contribution in [1.29, 1.82) is 0 Å². The molecule has 1 aromatic carbocycles. The quantitative estimate of drug-likeness (QED) is 0.822. The number of aryl methyl sites for hydroxylation is 1. The molecule has 4 heteroatoms. The topological polar surface area (TPSA) is 29.1 Å². The van der Waals surface area contributed by atoms with Gasteiger partial charge in [0.25, 0.3) is 0 Å². The smallest absolute Gasteiger partial charge is 0.221 e. The fourth-order valence-corrected chi connectivity index (χ4v) is 3.80. The lowest BCUT2D eigenvalue weighted by molar-refractivity contribution is -0.120. The average molecular weight is 326 g/mol. The molecule has 0 bridgehead atoms. The van der Waals surface area contributed by atoms with E-state index in [4.69, 9.17) is 0 Å². The fourth-order valence-electron chi connectivity index (χ4n) is 3.18. The highest BCUT2D eigenvalue weighted by atomic mass is 79.9. The van der Waals surface area contributed by atoms with Gasteiger partial charge >= 0.3 is 0 Å². The Bertz CT molecular complexity index is 505. The van der Waals surface area contributed by atoms with E-state index in [9.17, 15) is 4.79 Å². The number of fused-ring (bicyclic) bond motifs is 2. The number of nitrogens with one attached hydrogen (secondary N) is 1. The molecule has 1 amide bonds. The Balaban J connectivity index is 1.76. The highest BCUT2D eigenvalue weighted by molar-refractivity contribution is 9.10. The van der Waals surface area contributed by atoms with Crippen LogP contribution in [0.15, 0.2) is 22.7 Å². The standard InChI is InChI=1S/C14H16BrNOS/c15-10-1-2-11-9(7-10)3-5-14(11)8-12(14)16-13(17)4-6-18/h1-2,7,12,18H,3-6,8H2,(H,16,17). The number of halogens is 1. The van der Waals surface area contributed by atoms with Crippen molar-refractivity contribution in [2.75, 3.05) is 5.75 Å². The van der Waals surface area contributed by atoms with Crippen LogP contribution in [0.2, 0.25) is 0 Å². The molecule has 2 aliphatic carbocycles. The number of hydrogen-bond donors (Lipinski definition) is 2. The molecule has 0 aromatic heterocycles. The van der Waals surface area contributed by atoms with E-state index in [1.807, 2.05) is 0 Å². The van der Waals surface area contributed by atoms with E-state index in [0.717, 1.165) is 17.3 Å². The van der Waals surface area contributed by atoms with Gasteiger partial charge in [0.1, 0.15) is 0 Å². The van der Waals surface area contributed by atoms with Crippen molar-refractivity contribution in [1.82, 2.24) is 5.32 Å². The zero-order valence-corrected chi connectivity index (χ0v) is 12.6. The summed E-state index contributed by atoms with van der Waals surface area (Å²) < 4.78 is 1.15. The number of benzene rings is 1. The zero-order chi connectivity index (χ0) is 12.8. The fraction of sp³-hybridized carbons (Fsp3) is 0.500. The SMILES string of the molecule is O=C(CCS)NC1CC12CCc1cc(Br)ccc12. The third-order valence-corrected chi connectivity index (χ3v) is 4.91. The number of amides is 1. The van der Waals surface area contributed by atoms with Gasteiger partial charge in [-0.15, -0.1) is 0 Å². The van der Waals surface area contributed by atoms with E-state index in [2.05, 4.69) is 52.1 Å². The molecule has 2 aliphatic rings. The molecular formula is C14H16BrNOS. The van der Waals surface area contributed by atoms with Crippen LogP contribution in [0.3, 0.4) is 0 Å². The summed E-state index contributed by atoms with van der Waals surface area (Å²) in [5, 5.41) is 3.14. The Morgan fingerprint density at radius 3 is 3.17 bits per heavy atom. The van der Waals surface area contributed by atoms with E-state index in [-0.39, 0.29) is 11.3 Å². The normalized spacial score (nSPS) is 28.2. The number of carbonyl (C=O) groups excluding carboxylic acids is 1. The Morgan fingerprint density at radius 1 is 1.56 bits per heavy atom. The Morgan fingerprint density at radius 2 is 2.39 bits per heavy atom. The summed E-state index contributed by atoms with van der Waals surface area (Å²) in [5.74, 6) is 0.757.